The smallest absolute Gasteiger partial charge is 0.309 e. The number of amides is 2. The molecule has 0 fully saturated rings. The number of carbonyl (C=O) groups is 2. The second kappa shape index (κ2) is 3.95. The van der Waals surface area contributed by atoms with E-state index in [4.69, 9.17) is 5.73 Å². The van der Waals surface area contributed by atoms with Gasteiger partial charge in [-0.15, -0.1) is 0 Å². The van der Waals surface area contributed by atoms with Crippen molar-refractivity contribution in [2.24, 2.45) is 11.7 Å². The highest BCUT2D eigenvalue weighted by Crippen LogP contribution is 1.98. The van der Waals surface area contributed by atoms with Gasteiger partial charge < -0.3 is 11.1 Å². The summed E-state index contributed by atoms with van der Waals surface area (Å²) in [7, 11) is 0. The van der Waals surface area contributed by atoms with Crippen molar-refractivity contribution < 1.29 is 9.59 Å². The fraction of sp³-hybridized carbons (Fsp3) is 0.714. The fourth-order valence-corrected chi connectivity index (χ4v) is 0.445. The first-order valence-electron chi connectivity index (χ1n) is 3.55. The minimum Gasteiger partial charge on any atom is -0.361 e. The normalized spacial score (nSPS) is 12.7. The lowest BCUT2D eigenvalue weighted by atomic mass is 10.1. The van der Waals surface area contributed by atoms with Crippen LogP contribution in [0.4, 0.5) is 0 Å². The average molecular weight is 158 g/mol. The summed E-state index contributed by atoms with van der Waals surface area (Å²) in [6.07, 6.45) is 0. The van der Waals surface area contributed by atoms with Crippen LogP contribution in [0.1, 0.15) is 20.8 Å². The van der Waals surface area contributed by atoms with Crippen molar-refractivity contribution in [2.45, 2.75) is 26.8 Å². The maximum Gasteiger partial charge on any atom is 0.309 e. The molecule has 0 aromatic rings. The predicted octanol–water partition coefficient (Wildman–Crippen LogP) is -0.368. The zero-order valence-corrected chi connectivity index (χ0v) is 7.05. The number of hydrogen-bond donors (Lipinski definition) is 2. The Morgan fingerprint density at radius 2 is 1.73 bits per heavy atom. The van der Waals surface area contributed by atoms with Gasteiger partial charge in [0, 0.05) is 6.04 Å². The van der Waals surface area contributed by atoms with Gasteiger partial charge in [0.05, 0.1) is 0 Å². The molecule has 11 heavy (non-hydrogen) atoms. The molecule has 0 aliphatic carbocycles. The molecule has 64 valence electrons. The van der Waals surface area contributed by atoms with E-state index in [1.165, 1.54) is 0 Å². The molecule has 0 aromatic heterocycles. The van der Waals surface area contributed by atoms with Gasteiger partial charge >= 0.3 is 11.8 Å². The largest absolute Gasteiger partial charge is 0.361 e. The van der Waals surface area contributed by atoms with Crippen LogP contribution in [0.15, 0.2) is 0 Å². The van der Waals surface area contributed by atoms with E-state index >= 15 is 0 Å². The second-order valence-electron chi connectivity index (χ2n) is 2.87. The quantitative estimate of drug-likeness (QED) is 0.538. The Hall–Kier alpha value is -1.06. The molecule has 0 spiro atoms. The lowest BCUT2D eigenvalue weighted by Gasteiger charge is -2.15. The highest BCUT2D eigenvalue weighted by Gasteiger charge is 2.13. The minimum atomic E-state index is -0.933. The van der Waals surface area contributed by atoms with Crippen LogP contribution in [-0.2, 0) is 9.59 Å². The third-order valence-corrected chi connectivity index (χ3v) is 1.58. The standard InChI is InChI=1S/C7H14N2O2/c1-4(2)5(3)9-7(11)6(8)10/h4-5H,1-3H3,(H2,8,10)(H,9,11)/t5-/m0/s1. The number of nitrogens with one attached hydrogen (secondary N) is 1. The number of rotatable bonds is 2. The van der Waals surface area contributed by atoms with E-state index in [0.29, 0.717) is 5.92 Å². The van der Waals surface area contributed by atoms with Crippen molar-refractivity contribution >= 4 is 11.8 Å². The molecule has 4 heteroatoms. The second-order valence-corrected chi connectivity index (χ2v) is 2.87. The van der Waals surface area contributed by atoms with Crippen LogP contribution < -0.4 is 11.1 Å². The van der Waals surface area contributed by atoms with Gasteiger partial charge in [-0.2, -0.15) is 0 Å². The van der Waals surface area contributed by atoms with Crippen molar-refractivity contribution in [3.8, 4) is 0 Å². The van der Waals surface area contributed by atoms with E-state index in [2.05, 4.69) is 5.32 Å². The third kappa shape index (κ3) is 3.60. The molecule has 3 N–H and O–H groups in total. The third-order valence-electron chi connectivity index (χ3n) is 1.58. The van der Waals surface area contributed by atoms with Gasteiger partial charge in [-0.25, -0.2) is 0 Å². The monoisotopic (exact) mass is 158 g/mol. The minimum absolute atomic E-state index is 0.0185. The van der Waals surface area contributed by atoms with E-state index in [-0.39, 0.29) is 6.04 Å². The molecule has 4 nitrogen and oxygen atoms in total. The van der Waals surface area contributed by atoms with Crippen LogP contribution >= 0.6 is 0 Å². The van der Waals surface area contributed by atoms with Crippen molar-refractivity contribution in [1.29, 1.82) is 0 Å². The van der Waals surface area contributed by atoms with Crippen LogP contribution in [0.25, 0.3) is 0 Å². The summed E-state index contributed by atoms with van der Waals surface area (Å²) in [5, 5.41) is 2.47. The molecule has 0 heterocycles. The Bertz CT molecular complexity index is 166. The molecule has 0 aliphatic rings. The van der Waals surface area contributed by atoms with Crippen molar-refractivity contribution in [3.05, 3.63) is 0 Å². The maximum absolute atomic E-state index is 10.7. The van der Waals surface area contributed by atoms with Crippen molar-refractivity contribution in [2.75, 3.05) is 0 Å². The topological polar surface area (TPSA) is 72.2 Å². The van der Waals surface area contributed by atoms with Gasteiger partial charge in [0.2, 0.25) is 0 Å². The van der Waals surface area contributed by atoms with E-state index in [0.717, 1.165) is 0 Å². The van der Waals surface area contributed by atoms with Gasteiger partial charge in [-0.05, 0) is 12.8 Å². The molecule has 0 aromatic carbocycles. The molecule has 2 amide bonds. The van der Waals surface area contributed by atoms with Crippen molar-refractivity contribution in [3.63, 3.8) is 0 Å². The maximum atomic E-state index is 10.7. The van der Waals surface area contributed by atoms with Gasteiger partial charge in [0.1, 0.15) is 0 Å². The zero-order chi connectivity index (χ0) is 9.02. The van der Waals surface area contributed by atoms with E-state index in [1.54, 1.807) is 0 Å². The zero-order valence-electron chi connectivity index (χ0n) is 7.05. The molecule has 0 rings (SSSR count). The fourth-order valence-electron chi connectivity index (χ4n) is 0.445. The van der Waals surface area contributed by atoms with Gasteiger partial charge in [0.15, 0.2) is 0 Å². The molecule has 0 saturated carbocycles. The first-order chi connectivity index (χ1) is 4.95. The Morgan fingerprint density at radius 3 is 2.00 bits per heavy atom. The summed E-state index contributed by atoms with van der Waals surface area (Å²) in [5.74, 6) is -1.35. The van der Waals surface area contributed by atoms with E-state index < -0.39 is 11.8 Å². The number of primary amides is 1. The summed E-state index contributed by atoms with van der Waals surface area (Å²) in [6.45, 7) is 5.73. The van der Waals surface area contributed by atoms with Crippen LogP contribution in [0.3, 0.4) is 0 Å². The predicted molar refractivity (Wildman–Crippen MR) is 41.6 cm³/mol. The van der Waals surface area contributed by atoms with Gasteiger partial charge in [-0.1, -0.05) is 13.8 Å². The Kier molecular flexibility index (Phi) is 3.57. The molecular weight excluding hydrogens is 144 g/mol. The molecule has 0 saturated heterocycles. The molecule has 0 aliphatic heterocycles. The molecular formula is C7H14N2O2. The first kappa shape index (κ1) is 9.94. The van der Waals surface area contributed by atoms with Crippen LogP contribution in [-0.4, -0.2) is 17.9 Å². The Labute approximate surface area is 66.1 Å². The van der Waals surface area contributed by atoms with Crippen LogP contribution in [0.5, 0.6) is 0 Å². The first-order valence-corrected chi connectivity index (χ1v) is 3.55. The molecule has 1 atom stereocenters. The Morgan fingerprint density at radius 1 is 1.27 bits per heavy atom. The number of nitrogens with two attached hydrogens (primary N) is 1. The molecule has 0 unspecified atom stereocenters. The summed E-state index contributed by atoms with van der Waals surface area (Å²) in [4.78, 5) is 20.9. The number of carbonyl (C=O) groups excluding carboxylic acids is 2. The summed E-state index contributed by atoms with van der Waals surface area (Å²) < 4.78 is 0. The SMILES string of the molecule is CC(C)[C@H](C)NC(=O)C(N)=O. The van der Waals surface area contributed by atoms with Crippen LogP contribution in [0.2, 0.25) is 0 Å². The summed E-state index contributed by atoms with van der Waals surface area (Å²) >= 11 is 0. The van der Waals surface area contributed by atoms with E-state index in [1.807, 2.05) is 20.8 Å². The highest BCUT2D eigenvalue weighted by atomic mass is 16.2. The lowest BCUT2D eigenvalue weighted by Crippen LogP contribution is -2.43. The van der Waals surface area contributed by atoms with Crippen molar-refractivity contribution in [1.82, 2.24) is 5.32 Å². The van der Waals surface area contributed by atoms with Gasteiger partial charge in [0.25, 0.3) is 0 Å². The Balaban J connectivity index is 3.85. The number of hydrogen-bond acceptors (Lipinski definition) is 2. The molecule has 0 bridgehead atoms. The highest BCUT2D eigenvalue weighted by molar-refractivity contribution is 6.34. The molecule has 0 radical (unpaired) electrons. The summed E-state index contributed by atoms with van der Waals surface area (Å²) in [6, 6.07) is -0.0185. The lowest BCUT2D eigenvalue weighted by molar-refractivity contribution is -0.137. The summed E-state index contributed by atoms with van der Waals surface area (Å²) in [5.41, 5.74) is 4.73. The average Bonchev–Trinajstić information content (AvgIpc) is 1.87. The van der Waals surface area contributed by atoms with Crippen LogP contribution in [0, 0.1) is 5.92 Å². The van der Waals surface area contributed by atoms with E-state index in [9.17, 15) is 9.59 Å². The van der Waals surface area contributed by atoms with Gasteiger partial charge in [-0.3, -0.25) is 9.59 Å².